The van der Waals surface area contributed by atoms with Crippen molar-refractivity contribution in [2.75, 3.05) is 19.6 Å². The zero-order valence-corrected chi connectivity index (χ0v) is 13.1. The number of nitrogens with one attached hydrogen (secondary N) is 1. The molecule has 8 nitrogen and oxygen atoms in total. The van der Waals surface area contributed by atoms with Crippen LogP contribution in [-0.2, 0) is 27.7 Å². The van der Waals surface area contributed by atoms with Crippen molar-refractivity contribution in [1.29, 1.82) is 0 Å². The van der Waals surface area contributed by atoms with Gasteiger partial charge >= 0.3 is 8.80 Å². The highest BCUT2D eigenvalue weighted by Gasteiger charge is 2.51. The summed E-state index contributed by atoms with van der Waals surface area (Å²) in [5.74, 6) is -1.97. The molecule has 0 spiro atoms. The van der Waals surface area contributed by atoms with Gasteiger partial charge in [0.05, 0.1) is 6.04 Å². The van der Waals surface area contributed by atoms with E-state index >= 15 is 0 Å². The summed E-state index contributed by atoms with van der Waals surface area (Å²) in [5.41, 5.74) is 5.33. The lowest BCUT2D eigenvalue weighted by Crippen LogP contribution is -2.49. The Morgan fingerprint density at radius 1 is 0.950 bits per heavy atom. The smallest absolute Gasteiger partial charge is 0.455 e. The molecular weight excluding hydrogens is 284 g/mol. The van der Waals surface area contributed by atoms with Gasteiger partial charge in [0.1, 0.15) is 0 Å². The monoisotopic (exact) mass is 306 g/mol. The predicted molar refractivity (Wildman–Crippen MR) is 72.4 cm³/mol. The molecule has 0 atom stereocenters. The Balaban J connectivity index is 4.72. The van der Waals surface area contributed by atoms with Gasteiger partial charge in [0, 0.05) is 33.9 Å². The van der Waals surface area contributed by atoms with Crippen molar-refractivity contribution in [1.82, 2.24) is 5.32 Å². The summed E-state index contributed by atoms with van der Waals surface area (Å²) in [6.07, 6.45) is 0.514. The van der Waals surface area contributed by atoms with Crippen LogP contribution in [0.15, 0.2) is 0 Å². The Kier molecular flexibility index (Phi) is 8.76. The van der Waals surface area contributed by atoms with Crippen LogP contribution in [0.4, 0.5) is 0 Å². The molecule has 0 aliphatic carbocycles. The zero-order valence-electron chi connectivity index (χ0n) is 12.1. The summed E-state index contributed by atoms with van der Waals surface area (Å²) in [4.78, 5) is 33.5. The lowest BCUT2D eigenvalue weighted by atomic mass is 10.5. The van der Waals surface area contributed by atoms with Gasteiger partial charge in [-0.2, -0.15) is 0 Å². The van der Waals surface area contributed by atoms with Gasteiger partial charge in [0.2, 0.25) is 0 Å². The Morgan fingerprint density at radius 3 is 1.75 bits per heavy atom. The molecule has 0 aliphatic heterocycles. The number of hydrogen-bond donors (Lipinski definition) is 2. The summed E-state index contributed by atoms with van der Waals surface area (Å²) in [6, 6.07) is 0.170. The first-order valence-electron chi connectivity index (χ1n) is 6.31. The van der Waals surface area contributed by atoms with Gasteiger partial charge in [-0.3, -0.25) is 14.4 Å². The SMILES string of the molecule is CC(=O)O[Si](CCCNCCN)(OC(C)=O)OC(C)=O. The van der Waals surface area contributed by atoms with Crippen LogP contribution in [-0.4, -0.2) is 46.3 Å². The first-order valence-corrected chi connectivity index (χ1v) is 8.24. The Morgan fingerprint density at radius 2 is 1.40 bits per heavy atom. The maximum absolute atomic E-state index is 11.2. The first kappa shape index (κ1) is 18.5. The minimum atomic E-state index is -3.66. The van der Waals surface area contributed by atoms with Crippen molar-refractivity contribution in [2.24, 2.45) is 5.73 Å². The van der Waals surface area contributed by atoms with Gasteiger partial charge in [-0.15, -0.1) is 0 Å². The highest BCUT2D eigenvalue weighted by molar-refractivity contribution is 6.65. The quantitative estimate of drug-likeness (QED) is 0.434. The van der Waals surface area contributed by atoms with Crippen LogP contribution >= 0.6 is 0 Å². The third-order valence-corrected chi connectivity index (χ3v) is 4.82. The molecule has 9 heteroatoms. The van der Waals surface area contributed by atoms with Gasteiger partial charge in [-0.05, 0) is 13.0 Å². The third kappa shape index (κ3) is 8.61. The third-order valence-electron chi connectivity index (χ3n) is 2.06. The lowest BCUT2D eigenvalue weighted by molar-refractivity contribution is -0.147. The zero-order chi connectivity index (χ0) is 15.6. The summed E-state index contributed by atoms with van der Waals surface area (Å²) < 4.78 is 15.1. The van der Waals surface area contributed by atoms with E-state index < -0.39 is 26.7 Å². The largest absolute Gasteiger partial charge is 0.705 e. The van der Waals surface area contributed by atoms with E-state index in [4.69, 9.17) is 19.0 Å². The highest BCUT2D eigenvalue weighted by Crippen LogP contribution is 2.19. The van der Waals surface area contributed by atoms with E-state index in [0.717, 1.165) is 0 Å². The minimum Gasteiger partial charge on any atom is -0.455 e. The van der Waals surface area contributed by atoms with Crippen LogP contribution in [0.25, 0.3) is 0 Å². The van der Waals surface area contributed by atoms with E-state index in [1.54, 1.807) is 0 Å². The van der Waals surface area contributed by atoms with Gasteiger partial charge < -0.3 is 24.3 Å². The average molecular weight is 306 g/mol. The van der Waals surface area contributed by atoms with E-state index in [0.29, 0.717) is 26.1 Å². The molecule has 0 saturated carbocycles. The van der Waals surface area contributed by atoms with E-state index in [9.17, 15) is 14.4 Å². The molecular formula is C11H22N2O6Si. The van der Waals surface area contributed by atoms with Crippen molar-refractivity contribution in [3.63, 3.8) is 0 Å². The molecule has 20 heavy (non-hydrogen) atoms. The van der Waals surface area contributed by atoms with Crippen molar-refractivity contribution < 1.29 is 27.7 Å². The van der Waals surface area contributed by atoms with E-state index in [1.165, 1.54) is 20.8 Å². The van der Waals surface area contributed by atoms with Crippen molar-refractivity contribution in [3.05, 3.63) is 0 Å². The number of nitrogens with two attached hydrogens (primary N) is 1. The molecule has 0 heterocycles. The van der Waals surface area contributed by atoms with E-state index in [-0.39, 0.29) is 6.04 Å². The standard InChI is InChI=1S/C11H22N2O6Si/c1-9(14)17-20(18-10(2)15,19-11(3)16)8-4-6-13-7-5-12/h13H,4-8,12H2,1-3H3. The van der Waals surface area contributed by atoms with Crippen LogP contribution in [0.1, 0.15) is 27.2 Å². The fraction of sp³-hybridized carbons (Fsp3) is 0.727. The van der Waals surface area contributed by atoms with Crippen LogP contribution in [0.5, 0.6) is 0 Å². The Labute approximate surface area is 119 Å². The molecule has 0 radical (unpaired) electrons. The normalized spacial score (nSPS) is 10.8. The van der Waals surface area contributed by atoms with E-state index in [2.05, 4.69) is 5.32 Å². The highest BCUT2D eigenvalue weighted by atomic mass is 28.4. The van der Waals surface area contributed by atoms with Gasteiger partial charge in [-0.25, -0.2) is 0 Å². The number of carbonyl (C=O) groups is 3. The first-order chi connectivity index (χ1) is 9.31. The van der Waals surface area contributed by atoms with Crippen molar-refractivity contribution >= 4 is 26.7 Å². The lowest BCUT2D eigenvalue weighted by Gasteiger charge is -2.26. The molecule has 0 fully saturated rings. The Hall–Kier alpha value is -1.45. The second-order valence-corrected chi connectivity index (χ2v) is 6.58. The number of rotatable bonds is 9. The van der Waals surface area contributed by atoms with Gasteiger partial charge in [0.25, 0.3) is 17.9 Å². The number of hydrogen-bond acceptors (Lipinski definition) is 8. The van der Waals surface area contributed by atoms with Crippen LogP contribution in [0.3, 0.4) is 0 Å². The number of carbonyl (C=O) groups excluding carboxylic acids is 3. The summed E-state index contributed by atoms with van der Waals surface area (Å²) in [6.45, 7) is 5.23. The molecule has 0 amide bonds. The second-order valence-electron chi connectivity index (χ2n) is 4.11. The molecule has 0 bridgehead atoms. The molecule has 0 unspecified atom stereocenters. The minimum absolute atomic E-state index is 0.170. The fourth-order valence-electron chi connectivity index (χ4n) is 1.53. The summed E-state index contributed by atoms with van der Waals surface area (Å²) in [7, 11) is -3.66. The van der Waals surface area contributed by atoms with Crippen LogP contribution in [0, 0.1) is 0 Å². The molecule has 0 aromatic carbocycles. The molecule has 0 aromatic heterocycles. The maximum atomic E-state index is 11.2. The molecule has 0 aliphatic rings. The van der Waals surface area contributed by atoms with E-state index in [1.807, 2.05) is 0 Å². The topological polar surface area (TPSA) is 117 Å². The molecule has 3 N–H and O–H groups in total. The van der Waals surface area contributed by atoms with Crippen LogP contribution < -0.4 is 11.1 Å². The Bertz CT molecular complexity index is 309. The second kappa shape index (κ2) is 9.45. The fourth-order valence-corrected chi connectivity index (χ4v) is 3.88. The summed E-state index contributed by atoms with van der Waals surface area (Å²) in [5, 5.41) is 3.04. The average Bonchev–Trinajstić information content (AvgIpc) is 2.25. The van der Waals surface area contributed by atoms with Crippen molar-refractivity contribution in [2.45, 2.75) is 33.2 Å². The molecule has 116 valence electrons. The van der Waals surface area contributed by atoms with Gasteiger partial charge in [0.15, 0.2) is 0 Å². The van der Waals surface area contributed by atoms with Crippen LogP contribution in [0.2, 0.25) is 6.04 Å². The molecule has 0 saturated heterocycles. The molecule has 0 aromatic rings. The predicted octanol–water partition coefficient (Wildman–Crippen LogP) is -0.447. The summed E-state index contributed by atoms with van der Waals surface area (Å²) >= 11 is 0. The molecule has 0 rings (SSSR count). The maximum Gasteiger partial charge on any atom is 0.705 e. The van der Waals surface area contributed by atoms with Crippen molar-refractivity contribution in [3.8, 4) is 0 Å². The van der Waals surface area contributed by atoms with Gasteiger partial charge in [-0.1, -0.05) is 0 Å².